The largest absolute Gasteiger partial charge is 0.480 e. The average Bonchev–Trinajstić information content (AvgIpc) is 2.38. The van der Waals surface area contributed by atoms with Crippen LogP contribution in [0.5, 0.6) is 0 Å². The number of rotatable bonds is 7. The van der Waals surface area contributed by atoms with Crippen molar-refractivity contribution in [2.24, 2.45) is 0 Å². The van der Waals surface area contributed by atoms with E-state index in [1.54, 1.807) is 0 Å². The van der Waals surface area contributed by atoms with Gasteiger partial charge in [-0.25, -0.2) is 4.79 Å². The van der Waals surface area contributed by atoms with Crippen LogP contribution in [0.15, 0.2) is 12.7 Å². The Balaban J connectivity index is 2.34. The minimum Gasteiger partial charge on any atom is -0.480 e. The number of carbonyl (C=O) groups excluding carboxylic acids is 2. The molecule has 7 nitrogen and oxygen atoms in total. The minimum absolute atomic E-state index is 0.120. The lowest BCUT2D eigenvalue weighted by molar-refractivity contribution is -0.138. The predicted octanol–water partition coefficient (Wildman–Crippen LogP) is 0.718. The molecule has 3 amide bonds. The van der Waals surface area contributed by atoms with Crippen molar-refractivity contribution in [2.75, 3.05) is 19.6 Å². The molecule has 0 aromatic rings. The molecule has 0 saturated heterocycles. The third-order valence-corrected chi connectivity index (χ3v) is 3.31. The van der Waals surface area contributed by atoms with E-state index in [1.807, 2.05) is 0 Å². The highest BCUT2D eigenvalue weighted by Crippen LogP contribution is 2.17. The van der Waals surface area contributed by atoms with E-state index in [9.17, 15) is 14.4 Å². The van der Waals surface area contributed by atoms with Crippen LogP contribution in [0.25, 0.3) is 0 Å². The Kier molecular flexibility index (Phi) is 7.45. The van der Waals surface area contributed by atoms with Crippen molar-refractivity contribution in [3.63, 3.8) is 0 Å². The van der Waals surface area contributed by atoms with Crippen LogP contribution in [0.1, 0.15) is 32.1 Å². The number of nitrogens with one attached hydrogen (secondary N) is 2. The van der Waals surface area contributed by atoms with Gasteiger partial charge in [-0.05, 0) is 12.8 Å². The Morgan fingerprint density at radius 2 is 1.86 bits per heavy atom. The molecule has 0 bridgehead atoms. The van der Waals surface area contributed by atoms with E-state index in [-0.39, 0.29) is 25.7 Å². The molecule has 0 radical (unpaired) electrons. The van der Waals surface area contributed by atoms with Crippen molar-refractivity contribution in [3.05, 3.63) is 12.7 Å². The second kappa shape index (κ2) is 9.12. The number of amides is 3. The monoisotopic (exact) mass is 297 g/mol. The molecule has 1 saturated carbocycles. The SMILES string of the molecule is C=CCN(CC(=O)O)CC(=O)NC(=O)NC1CCCCC1. The molecular formula is C14H23N3O4. The molecule has 3 N–H and O–H groups in total. The van der Waals surface area contributed by atoms with Crippen LogP contribution >= 0.6 is 0 Å². The fraction of sp³-hybridized carbons (Fsp3) is 0.643. The molecule has 1 aliphatic rings. The third kappa shape index (κ3) is 7.45. The molecular weight excluding hydrogens is 274 g/mol. The number of urea groups is 1. The van der Waals surface area contributed by atoms with E-state index in [2.05, 4.69) is 17.2 Å². The summed E-state index contributed by atoms with van der Waals surface area (Å²) in [6, 6.07) is -0.393. The van der Waals surface area contributed by atoms with Crippen molar-refractivity contribution in [2.45, 2.75) is 38.1 Å². The van der Waals surface area contributed by atoms with Gasteiger partial charge in [0.1, 0.15) is 0 Å². The van der Waals surface area contributed by atoms with E-state index in [0.717, 1.165) is 25.7 Å². The molecule has 0 unspecified atom stereocenters. The van der Waals surface area contributed by atoms with Gasteiger partial charge in [0.25, 0.3) is 0 Å². The Morgan fingerprint density at radius 3 is 2.43 bits per heavy atom. The standard InChI is InChI=1S/C14H23N3O4/c1-2-8-17(10-13(19)20)9-12(18)16-14(21)15-11-6-4-3-5-7-11/h2,11H,1,3-10H2,(H,19,20)(H2,15,16,18,21). The van der Waals surface area contributed by atoms with Crippen LogP contribution in [-0.2, 0) is 9.59 Å². The summed E-state index contributed by atoms with van der Waals surface area (Å²) < 4.78 is 0. The first-order valence-electron chi connectivity index (χ1n) is 7.16. The fourth-order valence-corrected chi connectivity index (χ4v) is 2.40. The van der Waals surface area contributed by atoms with Crippen molar-refractivity contribution in [1.82, 2.24) is 15.5 Å². The summed E-state index contributed by atoms with van der Waals surface area (Å²) in [5, 5.41) is 13.7. The van der Waals surface area contributed by atoms with Crippen molar-refractivity contribution in [3.8, 4) is 0 Å². The van der Waals surface area contributed by atoms with Gasteiger partial charge in [0.05, 0.1) is 13.1 Å². The maximum atomic E-state index is 11.7. The molecule has 21 heavy (non-hydrogen) atoms. The quantitative estimate of drug-likeness (QED) is 0.601. The summed E-state index contributed by atoms with van der Waals surface area (Å²) in [7, 11) is 0. The van der Waals surface area contributed by atoms with Crippen LogP contribution in [0.2, 0.25) is 0 Å². The summed E-state index contributed by atoms with van der Waals surface area (Å²) in [5.74, 6) is -1.55. The van der Waals surface area contributed by atoms with E-state index in [4.69, 9.17) is 5.11 Å². The first-order chi connectivity index (χ1) is 10.0. The van der Waals surface area contributed by atoms with Crippen LogP contribution in [-0.4, -0.2) is 53.6 Å². The third-order valence-electron chi connectivity index (χ3n) is 3.31. The molecule has 0 aromatic carbocycles. The lowest BCUT2D eigenvalue weighted by Gasteiger charge is -2.23. The molecule has 0 spiro atoms. The first kappa shape index (κ1) is 17.2. The lowest BCUT2D eigenvalue weighted by Crippen LogP contribution is -2.48. The molecule has 1 aliphatic carbocycles. The lowest BCUT2D eigenvalue weighted by atomic mass is 9.96. The summed E-state index contributed by atoms with van der Waals surface area (Å²) in [4.78, 5) is 35.5. The van der Waals surface area contributed by atoms with Gasteiger partial charge in [-0.15, -0.1) is 6.58 Å². The summed E-state index contributed by atoms with van der Waals surface area (Å²) in [6.07, 6.45) is 6.74. The van der Waals surface area contributed by atoms with Gasteiger partial charge in [0.15, 0.2) is 0 Å². The number of aliphatic carboxylic acids is 1. The molecule has 0 aromatic heterocycles. The van der Waals surface area contributed by atoms with Crippen molar-refractivity contribution >= 4 is 17.9 Å². The second-order valence-electron chi connectivity index (χ2n) is 5.21. The summed E-state index contributed by atoms with van der Waals surface area (Å²) in [6.45, 7) is 3.35. The highest BCUT2D eigenvalue weighted by Gasteiger charge is 2.18. The summed E-state index contributed by atoms with van der Waals surface area (Å²) in [5.41, 5.74) is 0. The minimum atomic E-state index is -1.03. The van der Waals surface area contributed by atoms with Gasteiger partial charge < -0.3 is 10.4 Å². The van der Waals surface area contributed by atoms with Crippen LogP contribution in [0.3, 0.4) is 0 Å². The molecule has 118 valence electrons. The maximum Gasteiger partial charge on any atom is 0.321 e. The topological polar surface area (TPSA) is 98.7 Å². The predicted molar refractivity (Wildman–Crippen MR) is 77.8 cm³/mol. The van der Waals surface area contributed by atoms with E-state index >= 15 is 0 Å². The van der Waals surface area contributed by atoms with Gasteiger partial charge >= 0.3 is 12.0 Å². The molecule has 0 aliphatic heterocycles. The maximum absolute atomic E-state index is 11.7. The van der Waals surface area contributed by atoms with Gasteiger partial charge in [-0.3, -0.25) is 19.8 Å². The molecule has 0 atom stereocenters. The number of hydrogen-bond acceptors (Lipinski definition) is 4. The Labute approximate surface area is 124 Å². The van der Waals surface area contributed by atoms with Crippen molar-refractivity contribution in [1.29, 1.82) is 0 Å². The zero-order valence-electron chi connectivity index (χ0n) is 12.1. The number of carboxylic acid groups (broad SMARTS) is 1. The molecule has 1 rings (SSSR count). The van der Waals surface area contributed by atoms with Gasteiger partial charge in [-0.2, -0.15) is 0 Å². The number of carbonyl (C=O) groups is 3. The van der Waals surface area contributed by atoms with Crippen molar-refractivity contribution < 1.29 is 19.5 Å². The normalized spacial score (nSPS) is 15.5. The highest BCUT2D eigenvalue weighted by molar-refractivity contribution is 5.95. The Hall–Kier alpha value is -1.89. The number of carboxylic acids is 1. The molecule has 7 heteroatoms. The van der Waals surface area contributed by atoms with Gasteiger partial charge in [0.2, 0.25) is 5.91 Å². The fourth-order valence-electron chi connectivity index (χ4n) is 2.40. The first-order valence-corrected chi connectivity index (χ1v) is 7.16. The van der Waals surface area contributed by atoms with Crippen LogP contribution in [0.4, 0.5) is 4.79 Å². The Bertz CT molecular complexity index is 392. The van der Waals surface area contributed by atoms with E-state index in [0.29, 0.717) is 0 Å². The zero-order chi connectivity index (χ0) is 15.7. The summed E-state index contributed by atoms with van der Waals surface area (Å²) >= 11 is 0. The van der Waals surface area contributed by atoms with Gasteiger partial charge in [-0.1, -0.05) is 25.3 Å². The smallest absolute Gasteiger partial charge is 0.321 e. The van der Waals surface area contributed by atoms with E-state index in [1.165, 1.54) is 17.4 Å². The zero-order valence-corrected chi connectivity index (χ0v) is 12.1. The number of imide groups is 1. The average molecular weight is 297 g/mol. The van der Waals surface area contributed by atoms with Crippen LogP contribution < -0.4 is 10.6 Å². The second-order valence-corrected chi connectivity index (χ2v) is 5.21. The highest BCUT2D eigenvalue weighted by atomic mass is 16.4. The number of hydrogen-bond donors (Lipinski definition) is 3. The molecule has 0 heterocycles. The van der Waals surface area contributed by atoms with Gasteiger partial charge in [0, 0.05) is 12.6 Å². The van der Waals surface area contributed by atoms with E-state index < -0.39 is 17.9 Å². The Morgan fingerprint density at radius 1 is 1.19 bits per heavy atom. The van der Waals surface area contributed by atoms with Crippen LogP contribution in [0, 0.1) is 0 Å². The molecule has 1 fully saturated rings. The number of nitrogens with zero attached hydrogens (tertiary/aromatic N) is 1.